The zero-order chi connectivity index (χ0) is 24.5. The van der Waals surface area contributed by atoms with Crippen LogP contribution in [0.25, 0.3) is 0 Å². The number of nitrogens with one attached hydrogen (secondary N) is 1. The first kappa shape index (κ1) is 25.2. The van der Waals surface area contributed by atoms with Gasteiger partial charge in [0.1, 0.15) is 16.1 Å². The highest BCUT2D eigenvalue weighted by Gasteiger charge is 2.36. The summed E-state index contributed by atoms with van der Waals surface area (Å²) in [5, 5.41) is 0.550. The molecule has 1 aliphatic heterocycles. The molecule has 0 unspecified atom stereocenters. The Balaban J connectivity index is 1.55. The highest BCUT2D eigenvalue weighted by Crippen LogP contribution is 2.40. The van der Waals surface area contributed by atoms with Gasteiger partial charge in [-0.15, -0.1) is 11.3 Å². The summed E-state index contributed by atoms with van der Waals surface area (Å²) in [6.45, 7) is 1.21. The topological polar surface area (TPSA) is 58.6 Å². The van der Waals surface area contributed by atoms with Crippen molar-refractivity contribution in [1.82, 2.24) is 4.90 Å². The van der Waals surface area contributed by atoms with Crippen LogP contribution in [0, 0.1) is 0 Å². The Kier molecular flexibility index (Phi) is 7.39. The summed E-state index contributed by atoms with van der Waals surface area (Å²) in [4.78, 5) is 2.74. The monoisotopic (exact) mass is 548 g/mol. The second-order valence-electron chi connectivity index (χ2n) is 7.71. The number of rotatable bonds is 7. The minimum atomic E-state index is -4.63. The Morgan fingerprint density at radius 3 is 2.62 bits per heavy atom. The van der Waals surface area contributed by atoms with Crippen LogP contribution in [-0.2, 0) is 16.2 Å². The summed E-state index contributed by atoms with van der Waals surface area (Å²) in [6.07, 6.45) is -4.44. The van der Waals surface area contributed by atoms with Crippen LogP contribution in [-0.4, -0.2) is 39.6 Å². The Labute approximate surface area is 208 Å². The molecule has 0 radical (unpaired) electrons. The van der Waals surface area contributed by atoms with Crippen LogP contribution in [0.3, 0.4) is 0 Å². The molecular formula is C22H20ClF3N2O3S3. The molecule has 1 atom stereocenters. The van der Waals surface area contributed by atoms with E-state index >= 15 is 0 Å². The summed E-state index contributed by atoms with van der Waals surface area (Å²) >= 11 is 8.53. The third-order valence-corrected chi connectivity index (χ3v) is 9.66. The lowest BCUT2D eigenvalue weighted by Crippen LogP contribution is -2.23. The first-order valence-corrected chi connectivity index (χ1v) is 13.6. The van der Waals surface area contributed by atoms with Gasteiger partial charge in [-0.3, -0.25) is 4.72 Å². The number of likely N-dealkylation sites (N-methyl/N-ethyl adjacent to an activating group) is 1. The number of hydrogen-bond donors (Lipinski definition) is 1. The van der Waals surface area contributed by atoms with Crippen LogP contribution in [0.2, 0.25) is 5.02 Å². The molecule has 1 aliphatic rings. The fraction of sp³-hybridized carbons (Fsp3) is 0.273. The normalized spacial score (nSPS) is 17.1. The van der Waals surface area contributed by atoms with Crippen molar-refractivity contribution in [3.8, 4) is 5.75 Å². The number of anilines is 1. The van der Waals surface area contributed by atoms with E-state index in [2.05, 4.69) is 4.72 Å². The summed E-state index contributed by atoms with van der Waals surface area (Å²) in [5.74, 6) is -0.394. The first-order valence-electron chi connectivity index (χ1n) is 10.1. The van der Waals surface area contributed by atoms with Gasteiger partial charge in [0.25, 0.3) is 10.0 Å². The van der Waals surface area contributed by atoms with Crippen LogP contribution >= 0.6 is 34.7 Å². The smallest absolute Gasteiger partial charge is 0.419 e. The number of benzene rings is 2. The SMILES string of the molecule is CN1CC[C@@H](Oc2cc(NS(=O)(=O)c3ccc(Sc4ccccc4Cl)s3)ccc2C(F)(F)F)C1. The molecule has 0 aliphatic carbocycles. The Morgan fingerprint density at radius 1 is 1.18 bits per heavy atom. The minimum Gasteiger partial charge on any atom is -0.488 e. The number of nitrogens with zero attached hydrogens (tertiary/aromatic N) is 1. The fourth-order valence-corrected chi connectivity index (χ4v) is 7.30. The molecule has 1 aromatic heterocycles. The third kappa shape index (κ3) is 6.01. The standard InChI is InChI=1S/C22H20ClF3N2O3S3/c1-28-11-10-15(13-28)31-18-12-14(6-7-16(18)22(24,25)26)27-34(29,30)21-9-8-20(33-21)32-19-5-3-2-4-17(19)23/h2-9,12,15,27H,10-11,13H2,1H3/t15-/m1/s1. The molecular weight excluding hydrogens is 529 g/mol. The third-order valence-electron chi connectivity index (χ3n) is 5.05. The lowest BCUT2D eigenvalue weighted by Gasteiger charge is -2.19. The van der Waals surface area contributed by atoms with Crippen LogP contribution in [0.15, 0.2) is 67.9 Å². The van der Waals surface area contributed by atoms with E-state index in [9.17, 15) is 21.6 Å². The minimum absolute atomic E-state index is 0.0111. The van der Waals surface area contributed by atoms with E-state index in [-0.39, 0.29) is 9.90 Å². The van der Waals surface area contributed by atoms with Crippen LogP contribution in [0.1, 0.15) is 12.0 Å². The number of likely N-dealkylation sites (tertiary alicyclic amines) is 1. The van der Waals surface area contributed by atoms with Gasteiger partial charge in [-0.2, -0.15) is 13.2 Å². The van der Waals surface area contributed by atoms with E-state index in [0.29, 0.717) is 28.7 Å². The van der Waals surface area contributed by atoms with Gasteiger partial charge in [0.2, 0.25) is 0 Å². The lowest BCUT2D eigenvalue weighted by atomic mass is 10.1. The van der Waals surface area contributed by atoms with E-state index < -0.39 is 33.6 Å². The largest absolute Gasteiger partial charge is 0.488 e. The summed E-state index contributed by atoms with van der Waals surface area (Å²) in [7, 11) is -2.16. The molecule has 182 valence electrons. The van der Waals surface area contributed by atoms with Crippen molar-refractivity contribution in [1.29, 1.82) is 0 Å². The van der Waals surface area contributed by atoms with Crippen molar-refractivity contribution in [3.63, 3.8) is 0 Å². The Hall–Kier alpha value is -1.92. The highest BCUT2D eigenvalue weighted by atomic mass is 35.5. The van der Waals surface area contributed by atoms with Gasteiger partial charge in [-0.25, -0.2) is 8.42 Å². The van der Waals surface area contributed by atoms with Crippen molar-refractivity contribution >= 4 is 50.4 Å². The van der Waals surface area contributed by atoms with Gasteiger partial charge >= 0.3 is 6.18 Å². The van der Waals surface area contributed by atoms with E-state index in [4.69, 9.17) is 16.3 Å². The lowest BCUT2D eigenvalue weighted by molar-refractivity contribution is -0.139. The Morgan fingerprint density at radius 2 is 1.94 bits per heavy atom. The van der Waals surface area contributed by atoms with Gasteiger partial charge in [0.05, 0.1) is 20.5 Å². The van der Waals surface area contributed by atoms with E-state index in [1.807, 2.05) is 24.1 Å². The van der Waals surface area contributed by atoms with Crippen LogP contribution in [0.4, 0.5) is 18.9 Å². The molecule has 0 amide bonds. The highest BCUT2D eigenvalue weighted by molar-refractivity contribution is 8.02. The number of hydrogen-bond acceptors (Lipinski definition) is 6. The maximum atomic E-state index is 13.5. The molecule has 0 saturated carbocycles. The quantitative estimate of drug-likeness (QED) is 0.367. The van der Waals surface area contributed by atoms with E-state index in [1.165, 1.54) is 17.8 Å². The van der Waals surface area contributed by atoms with Crippen molar-refractivity contribution in [2.24, 2.45) is 0 Å². The van der Waals surface area contributed by atoms with Gasteiger partial charge < -0.3 is 9.64 Å². The van der Waals surface area contributed by atoms with Gasteiger partial charge in [0.15, 0.2) is 0 Å². The maximum absolute atomic E-state index is 13.5. The second kappa shape index (κ2) is 9.98. The maximum Gasteiger partial charge on any atom is 0.419 e. The van der Waals surface area contributed by atoms with Crippen molar-refractivity contribution < 1.29 is 26.3 Å². The average Bonchev–Trinajstić information content (AvgIpc) is 3.38. The second-order valence-corrected chi connectivity index (χ2v) is 12.5. The van der Waals surface area contributed by atoms with Crippen LogP contribution < -0.4 is 9.46 Å². The van der Waals surface area contributed by atoms with Crippen LogP contribution in [0.5, 0.6) is 5.75 Å². The molecule has 2 aromatic carbocycles. The zero-order valence-corrected chi connectivity index (χ0v) is 21.0. The average molecular weight is 549 g/mol. The molecule has 3 aromatic rings. The van der Waals surface area contributed by atoms with E-state index in [0.717, 1.165) is 34.4 Å². The van der Waals surface area contributed by atoms with Gasteiger partial charge in [-0.1, -0.05) is 35.5 Å². The molecule has 1 fully saturated rings. The molecule has 2 heterocycles. The number of thiophene rings is 1. The molecule has 4 rings (SSSR count). The van der Waals surface area contributed by atoms with E-state index in [1.54, 1.807) is 18.2 Å². The van der Waals surface area contributed by atoms with Crippen molar-refractivity contribution in [3.05, 3.63) is 65.2 Å². The number of halogens is 4. The molecule has 0 bridgehead atoms. The first-order chi connectivity index (χ1) is 16.0. The van der Waals surface area contributed by atoms with Gasteiger partial charge in [0, 0.05) is 24.1 Å². The fourth-order valence-electron chi connectivity index (χ4n) is 3.43. The molecule has 5 nitrogen and oxygen atoms in total. The zero-order valence-electron chi connectivity index (χ0n) is 17.8. The molecule has 0 spiro atoms. The molecule has 1 N–H and O–H groups in total. The summed E-state index contributed by atoms with van der Waals surface area (Å²) in [6, 6.07) is 13.3. The predicted molar refractivity (Wildman–Crippen MR) is 129 cm³/mol. The number of sulfonamides is 1. The number of ether oxygens (including phenoxy) is 1. The molecule has 12 heteroatoms. The molecule has 1 saturated heterocycles. The summed E-state index contributed by atoms with van der Waals surface area (Å²) in [5.41, 5.74) is -0.956. The van der Waals surface area contributed by atoms with Crippen molar-refractivity contribution in [2.45, 2.75) is 32.0 Å². The van der Waals surface area contributed by atoms with Crippen molar-refractivity contribution in [2.75, 3.05) is 24.9 Å². The predicted octanol–water partition coefficient (Wildman–Crippen LogP) is 6.46. The molecule has 34 heavy (non-hydrogen) atoms. The van der Waals surface area contributed by atoms with Gasteiger partial charge in [-0.05, 0) is 49.9 Å². The number of alkyl halides is 3. The summed E-state index contributed by atoms with van der Waals surface area (Å²) < 4.78 is 75.1. The Bertz CT molecular complexity index is 1280.